The molecule has 0 fully saturated rings. The fourth-order valence-electron chi connectivity index (χ4n) is 2.29. The van der Waals surface area contributed by atoms with Crippen LogP contribution in [-0.4, -0.2) is 25.0 Å². The van der Waals surface area contributed by atoms with E-state index in [9.17, 15) is 4.79 Å². The van der Waals surface area contributed by atoms with Crippen molar-refractivity contribution >= 4 is 11.6 Å². The van der Waals surface area contributed by atoms with E-state index in [2.05, 4.69) is 19.2 Å². The van der Waals surface area contributed by atoms with Gasteiger partial charge in [0, 0.05) is 5.69 Å². The molecule has 1 rings (SSSR count). The number of para-hydroxylation sites is 1. The summed E-state index contributed by atoms with van der Waals surface area (Å²) in [4.78, 5) is 13.5. The van der Waals surface area contributed by atoms with Gasteiger partial charge < -0.3 is 10.2 Å². The topological polar surface area (TPSA) is 33.5 Å². The van der Waals surface area contributed by atoms with Gasteiger partial charge in [0.1, 0.15) is 0 Å². The Hall–Kier alpha value is -1.35. The van der Waals surface area contributed by atoms with Crippen molar-refractivity contribution in [3.63, 3.8) is 0 Å². The van der Waals surface area contributed by atoms with Crippen molar-refractivity contribution < 1.29 is 9.69 Å². The number of hydrogen-bond donors (Lipinski definition) is 2. The van der Waals surface area contributed by atoms with E-state index in [0.29, 0.717) is 0 Å². The van der Waals surface area contributed by atoms with Crippen LogP contribution >= 0.6 is 0 Å². The zero-order valence-electron chi connectivity index (χ0n) is 12.1. The largest absolute Gasteiger partial charge is 0.325 e. The first-order valence-corrected chi connectivity index (χ1v) is 6.72. The molecule has 3 heteroatoms. The Bertz CT molecular complexity index is 391. The monoisotopic (exact) mass is 249 g/mol. The summed E-state index contributed by atoms with van der Waals surface area (Å²) >= 11 is 0. The molecule has 0 unspecified atom stereocenters. The predicted octanol–water partition coefficient (Wildman–Crippen LogP) is 1.56. The maximum absolute atomic E-state index is 12.2. The molecule has 1 atom stereocenters. The number of aryl methyl sites for hydroxylation is 2. The summed E-state index contributed by atoms with van der Waals surface area (Å²) < 4.78 is 0. The average molecular weight is 249 g/mol. The highest BCUT2D eigenvalue weighted by molar-refractivity contribution is 5.95. The van der Waals surface area contributed by atoms with Crippen LogP contribution in [0.2, 0.25) is 0 Å². The molecule has 0 spiro atoms. The van der Waals surface area contributed by atoms with Crippen LogP contribution < -0.4 is 10.2 Å². The molecule has 0 aliphatic heterocycles. The SMILES string of the molecule is CC[NH+](CC)[C@@H](C)C(=O)Nc1c(C)cccc1C. The van der Waals surface area contributed by atoms with E-state index in [1.807, 2.05) is 39.0 Å². The second-order valence-electron chi connectivity index (χ2n) is 4.84. The van der Waals surface area contributed by atoms with Gasteiger partial charge in [-0.25, -0.2) is 0 Å². The number of likely N-dealkylation sites (N-methyl/N-ethyl adjacent to an activating group) is 1. The van der Waals surface area contributed by atoms with Gasteiger partial charge in [0.2, 0.25) is 0 Å². The van der Waals surface area contributed by atoms with Crippen molar-refractivity contribution in [3.05, 3.63) is 29.3 Å². The van der Waals surface area contributed by atoms with Crippen LogP contribution in [0.5, 0.6) is 0 Å². The zero-order valence-corrected chi connectivity index (χ0v) is 12.1. The maximum atomic E-state index is 12.2. The molecule has 1 aromatic rings. The van der Waals surface area contributed by atoms with E-state index < -0.39 is 0 Å². The van der Waals surface area contributed by atoms with Crippen molar-refractivity contribution in [3.8, 4) is 0 Å². The first kappa shape index (κ1) is 14.7. The number of amides is 1. The third-order valence-electron chi connectivity index (χ3n) is 3.64. The van der Waals surface area contributed by atoms with Crippen molar-refractivity contribution in [1.29, 1.82) is 0 Å². The van der Waals surface area contributed by atoms with Crippen molar-refractivity contribution in [1.82, 2.24) is 0 Å². The minimum atomic E-state index is -0.0148. The maximum Gasteiger partial charge on any atom is 0.282 e. The molecule has 0 aliphatic carbocycles. The van der Waals surface area contributed by atoms with Crippen LogP contribution in [0.1, 0.15) is 31.9 Å². The molecule has 0 saturated carbocycles. The Kier molecular flexibility index (Phi) is 5.35. The van der Waals surface area contributed by atoms with Crippen LogP contribution in [0, 0.1) is 13.8 Å². The third kappa shape index (κ3) is 3.33. The van der Waals surface area contributed by atoms with Crippen LogP contribution in [-0.2, 0) is 4.79 Å². The second kappa shape index (κ2) is 6.55. The number of nitrogens with one attached hydrogen (secondary N) is 2. The Morgan fingerprint density at radius 3 is 2.17 bits per heavy atom. The Labute approximate surface area is 110 Å². The van der Waals surface area contributed by atoms with Crippen LogP contribution in [0.15, 0.2) is 18.2 Å². The molecule has 0 radical (unpaired) electrons. The molecular weight excluding hydrogens is 224 g/mol. The van der Waals surface area contributed by atoms with Gasteiger partial charge in [0.15, 0.2) is 6.04 Å². The zero-order chi connectivity index (χ0) is 13.7. The summed E-state index contributed by atoms with van der Waals surface area (Å²) in [7, 11) is 0. The molecule has 0 saturated heterocycles. The Balaban J connectivity index is 2.81. The summed E-state index contributed by atoms with van der Waals surface area (Å²) in [5.41, 5.74) is 3.19. The molecule has 1 amide bonds. The van der Waals surface area contributed by atoms with Crippen molar-refractivity contribution in [2.24, 2.45) is 0 Å². The van der Waals surface area contributed by atoms with Crippen LogP contribution in [0.4, 0.5) is 5.69 Å². The van der Waals surface area contributed by atoms with Gasteiger partial charge in [-0.05, 0) is 45.7 Å². The van der Waals surface area contributed by atoms with E-state index >= 15 is 0 Å². The fraction of sp³-hybridized carbons (Fsp3) is 0.533. The van der Waals surface area contributed by atoms with Gasteiger partial charge in [-0.3, -0.25) is 4.79 Å². The summed E-state index contributed by atoms with van der Waals surface area (Å²) in [6.07, 6.45) is 0. The molecule has 3 nitrogen and oxygen atoms in total. The molecular formula is C15H25N2O+. The fourth-order valence-corrected chi connectivity index (χ4v) is 2.29. The Morgan fingerprint density at radius 2 is 1.72 bits per heavy atom. The minimum Gasteiger partial charge on any atom is -0.325 e. The van der Waals surface area contributed by atoms with E-state index in [4.69, 9.17) is 0 Å². The van der Waals surface area contributed by atoms with Crippen molar-refractivity contribution in [2.45, 2.75) is 40.7 Å². The van der Waals surface area contributed by atoms with E-state index in [1.165, 1.54) is 4.90 Å². The summed E-state index contributed by atoms with van der Waals surface area (Å²) in [6, 6.07) is 6.05. The number of carbonyl (C=O) groups excluding carboxylic acids is 1. The molecule has 1 aromatic carbocycles. The number of quaternary nitrogens is 1. The predicted molar refractivity (Wildman–Crippen MR) is 76.1 cm³/mol. The van der Waals surface area contributed by atoms with E-state index in [0.717, 1.165) is 29.9 Å². The van der Waals surface area contributed by atoms with Crippen LogP contribution in [0.3, 0.4) is 0 Å². The van der Waals surface area contributed by atoms with Crippen molar-refractivity contribution in [2.75, 3.05) is 18.4 Å². The summed E-state index contributed by atoms with van der Waals surface area (Å²) in [5.74, 6) is 0.103. The summed E-state index contributed by atoms with van der Waals surface area (Å²) in [5, 5.41) is 3.07. The van der Waals surface area contributed by atoms with Gasteiger partial charge in [0.05, 0.1) is 13.1 Å². The normalized spacial score (nSPS) is 12.6. The van der Waals surface area contributed by atoms with Crippen LogP contribution in [0.25, 0.3) is 0 Å². The lowest BCUT2D eigenvalue weighted by Gasteiger charge is -2.23. The molecule has 2 N–H and O–H groups in total. The number of anilines is 1. The van der Waals surface area contributed by atoms with Gasteiger partial charge in [-0.15, -0.1) is 0 Å². The second-order valence-corrected chi connectivity index (χ2v) is 4.84. The summed E-state index contributed by atoms with van der Waals surface area (Å²) in [6.45, 7) is 12.2. The van der Waals surface area contributed by atoms with Gasteiger partial charge in [-0.2, -0.15) is 0 Å². The highest BCUT2D eigenvalue weighted by Crippen LogP contribution is 2.19. The van der Waals surface area contributed by atoms with E-state index in [1.54, 1.807) is 0 Å². The average Bonchev–Trinajstić information content (AvgIpc) is 2.35. The number of hydrogen-bond acceptors (Lipinski definition) is 1. The first-order valence-electron chi connectivity index (χ1n) is 6.72. The lowest BCUT2D eigenvalue weighted by Crippen LogP contribution is -3.16. The highest BCUT2D eigenvalue weighted by atomic mass is 16.2. The molecule has 0 heterocycles. The number of rotatable bonds is 5. The molecule has 0 bridgehead atoms. The third-order valence-corrected chi connectivity index (χ3v) is 3.64. The minimum absolute atomic E-state index is 0.0148. The van der Waals surface area contributed by atoms with Gasteiger partial charge in [-0.1, -0.05) is 18.2 Å². The number of carbonyl (C=O) groups is 1. The lowest BCUT2D eigenvalue weighted by molar-refractivity contribution is -0.910. The molecule has 0 aliphatic rings. The molecule has 18 heavy (non-hydrogen) atoms. The number of benzene rings is 1. The van der Waals surface area contributed by atoms with Gasteiger partial charge >= 0.3 is 0 Å². The van der Waals surface area contributed by atoms with E-state index in [-0.39, 0.29) is 11.9 Å². The highest BCUT2D eigenvalue weighted by Gasteiger charge is 2.23. The van der Waals surface area contributed by atoms with Gasteiger partial charge in [0.25, 0.3) is 5.91 Å². The molecule has 100 valence electrons. The lowest BCUT2D eigenvalue weighted by atomic mass is 10.1. The Morgan fingerprint density at radius 1 is 1.22 bits per heavy atom. The molecule has 0 aromatic heterocycles. The first-order chi connectivity index (χ1) is 8.51. The standard InChI is InChI=1S/C15H24N2O/c1-6-17(7-2)13(5)15(18)16-14-11(3)9-8-10-12(14)4/h8-10,13H,6-7H2,1-5H3,(H,16,18)/p+1/t13-/m0/s1. The smallest absolute Gasteiger partial charge is 0.282 e. The quantitative estimate of drug-likeness (QED) is 0.816.